The highest BCUT2D eigenvalue weighted by molar-refractivity contribution is 6.34. The Morgan fingerprint density at radius 3 is 2.44 bits per heavy atom. The second-order valence-corrected chi connectivity index (χ2v) is 8.95. The topological polar surface area (TPSA) is 79.5 Å². The van der Waals surface area contributed by atoms with E-state index >= 15 is 0 Å². The summed E-state index contributed by atoms with van der Waals surface area (Å²) in [6.07, 6.45) is 4.74. The van der Waals surface area contributed by atoms with Crippen LogP contribution in [-0.2, 0) is 0 Å². The first-order valence-corrected chi connectivity index (χ1v) is 11.6. The molecule has 2 amide bonds. The molecule has 3 aromatic rings. The highest BCUT2D eigenvalue weighted by Crippen LogP contribution is 2.37. The number of nitrogens with zero attached hydrogens (tertiary/aromatic N) is 3. The van der Waals surface area contributed by atoms with Crippen LogP contribution in [0, 0.1) is 5.82 Å². The lowest BCUT2D eigenvalue weighted by Gasteiger charge is -2.32. The summed E-state index contributed by atoms with van der Waals surface area (Å²) in [5.74, 6) is -1.46. The first kappa shape index (κ1) is 24.0. The molecule has 1 aromatic heterocycles. The highest BCUT2D eigenvalue weighted by Gasteiger charge is 2.26. The van der Waals surface area contributed by atoms with Crippen molar-refractivity contribution in [3.8, 4) is 11.1 Å². The Labute approximate surface area is 207 Å². The van der Waals surface area contributed by atoms with Gasteiger partial charge in [-0.15, -0.1) is 0 Å². The fourth-order valence-electron chi connectivity index (χ4n) is 4.09. The van der Waals surface area contributed by atoms with Crippen molar-refractivity contribution in [1.82, 2.24) is 4.98 Å². The SMILES string of the molecule is CN(C(=O)c1c(F)cccc1Cl)c1ncc(-c2ccc(C(N)=O)cc2Cl)cc1N1CCCCC1. The van der Waals surface area contributed by atoms with Crippen molar-refractivity contribution in [2.45, 2.75) is 19.3 Å². The smallest absolute Gasteiger partial charge is 0.263 e. The number of benzene rings is 2. The van der Waals surface area contributed by atoms with Crippen molar-refractivity contribution >= 4 is 46.5 Å². The Morgan fingerprint density at radius 1 is 1.06 bits per heavy atom. The van der Waals surface area contributed by atoms with E-state index in [-0.39, 0.29) is 10.6 Å². The Kier molecular flexibility index (Phi) is 7.05. The van der Waals surface area contributed by atoms with Gasteiger partial charge in [-0.3, -0.25) is 14.5 Å². The molecule has 176 valence electrons. The van der Waals surface area contributed by atoms with Gasteiger partial charge < -0.3 is 10.6 Å². The zero-order valence-corrected chi connectivity index (χ0v) is 20.0. The minimum Gasteiger partial charge on any atom is -0.369 e. The molecular weight excluding hydrogens is 478 g/mol. The van der Waals surface area contributed by atoms with E-state index in [9.17, 15) is 14.0 Å². The molecule has 0 atom stereocenters. The average molecular weight is 501 g/mol. The molecule has 0 bridgehead atoms. The Balaban J connectivity index is 1.79. The Morgan fingerprint density at radius 2 is 1.79 bits per heavy atom. The molecule has 1 saturated heterocycles. The van der Waals surface area contributed by atoms with Crippen molar-refractivity contribution < 1.29 is 14.0 Å². The van der Waals surface area contributed by atoms with Gasteiger partial charge in [-0.25, -0.2) is 9.37 Å². The zero-order valence-electron chi connectivity index (χ0n) is 18.5. The van der Waals surface area contributed by atoms with Crippen molar-refractivity contribution in [2.75, 3.05) is 29.9 Å². The lowest BCUT2D eigenvalue weighted by Crippen LogP contribution is -2.34. The van der Waals surface area contributed by atoms with Crippen LogP contribution in [0.5, 0.6) is 0 Å². The maximum atomic E-state index is 14.4. The summed E-state index contributed by atoms with van der Waals surface area (Å²) in [6.45, 7) is 1.60. The fourth-order valence-corrected chi connectivity index (χ4v) is 4.62. The molecule has 6 nitrogen and oxygen atoms in total. The molecule has 0 aliphatic carbocycles. The van der Waals surface area contributed by atoms with E-state index in [0.29, 0.717) is 22.0 Å². The van der Waals surface area contributed by atoms with Gasteiger partial charge in [0, 0.05) is 48.0 Å². The second kappa shape index (κ2) is 9.99. The summed E-state index contributed by atoms with van der Waals surface area (Å²) in [5.41, 5.74) is 7.58. The fraction of sp³-hybridized carbons (Fsp3) is 0.240. The third-order valence-corrected chi connectivity index (χ3v) is 6.54. The van der Waals surface area contributed by atoms with E-state index in [0.717, 1.165) is 43.6 Å². The number of aromatic nitrogens is 1. The maximum Gasteiger partial charge on any atom is 0.263 e. The number of pyridine rings is 1. The molecule has 4 rings (SSSR count). The lowest BCUT2D eigenvalue weighted by molar-refractivity contribution is 0.0984. The summed E-state index contributed by atoms with van der Waals surface area (Å²) in [7, 11) is 1.55. The van der Waals surface area contributed by atoms with Gasteiger partial charge in [0.25, 0.3) is 5.91 Å². The molecule has 1 aliphatic heterocycles. The van der Waals surface area contributed by atoms with Gasteiger partial charge in [0.2, 0.25) is 5.91 Å². The van der Waals surface area contributed by atoms with Crippen molar-refractivity contribution in [2.24, 2.45) is 5.73 Å². The molecule has 0 saturated carbocycles. The van der Waals surface area contributed by atoms with Crippen molar-refractivity contribution in [3.05, 3.63) is 75.7 Å². The van der Waals surface area contributed by atoms with Gasteiger partial charge in [0.05, 0.1) is 16.3 Å². The van der Waals surface area contributed by atoms with Crippen LogP contribution in [0.3, 0.4) is 0 Å². The quantitative estimate of drug-likeness (QED) is 0.497. The molecule has 2 aromatic carbocycles. The summed E-state index contributed by atoms with van der Waals surface area (Å²) in [5, 5.41) is 0.396. The molecule has 2 heterocycles. The normalized spacial score (nSPS) is 13.6. The van der Waals surface area contributed by atoms with Gasteiger partial charge >= 0.3 is 0 Å². The third-order valence-electron chi connectivity index (χ3n) is 5.91. The Hall–Kier alpha value is -3.16. The van der Waals surface area contributed by atoms with Gasteiger partial charge in [0.1, 0.15) is 5.82 Å². The Bertz CT molecular complexity index is 1240. The number of hydrogen-bond donors (Lipinski definition) is 1. The largest absolute Gasteiger partial charge is 0.369 e. The standard InChI is InChI=1S/C25H23Cl2FN4O2/c1-31(25(34)22-18(26)6-5-7-20(22)28)24-21(32-10-3-2-4-11-32)13-16(14-30-24)17-9-8-15(23(29)33)12-19(17)27/h5-9,12-14H,2-4,10-11H2,1H3,(H2,29,33). The van der Waals surface area contributed by atoms with Crippen LogP contribution in [0.15, 0.2) is 48.7 Å². The van der Waals surface area contributed by atoms with E-state index in [1.54, 1.807) is 25.4 Å². The van der Waals surface area contributed by atoms with Crippen molar-refractivity contribution in [1.29, 1.82) is 0 Å². The minimum atomic E-state index is -0.693. The van der Waals surface area contributed by atoms with Crippen LogP contribution in [0.25, 0.3) is 11.1 Å². The van der Waals surface area contributed by atoms with Crippen LogP contribution in [0.1, 0.15) is 40.0 Å². The number of carbonyl (C=O) groups is 2. The van der Waals surface area contributed by atoms with Gasteiger partial charge in [-0.05, 0) is 49.6 Å². The maximum absolute atomic E-state index is 14.4. The number of amides is 2. The zero-order chi connectivity index (χ0) is 24.4. The number of rotatable bonds is 5. The van der Waals surface area contributed by atoms with Crippen LogP contribution < -0.4 is 15.5 Å². The van der Waals surface area contributed by atoms with Gasteiger partial charge in [-0.1, -0.05) is 35.3 Å². The van der Waals surface area contributed by atoms with E-state index in [1.807, 2.05) is 6.07 Å². The molecule has 0 unspecified atom stereocenters. The van der Waals surface area contributed by atoms with Crippen LogP contribution in [0.2, 0.25) is 10.0 Å². The van der Waals surface area contributed by atoms with Crippen LogP contribution in [0.4, 0.5) is 15.9 Å². The summed E-state index contributed by atoms with van der Waals surface area (Å²) in [6, 6.07) is 10.9. The molecule has 9 heteroatoms. The molecule has 1 aliphatic rings. The summed E-state index contributed by atoms with van der Waals surface area (Å²) in [4.78, 5) is 32.7. The number of piperidine rings is 1. The summed E-state index contributed by atoms with van der Waals surface area (Å²) >= 11 is 12.6. The third kappa shape index (κ3) is 4.72. The number of carbonyl (C=O) groups excluding carboxylic acids is 2. The van der Waals surface area contributed by atoms with E-state index < -0.39 is 17.6 Å². The molecule has 2 N–H and O–H groups in total. The number of nitrogens with two attached hydrogens (primary N) is 1. The molecule has 0 radical (unpaired) electrons. The average Bonchev–Trinajstić information content (AvgIpc) is 2.83. The molecular formula is C25H23Cl2FN4O2. The lowest BCUT2D eigenvalue weighted by atomic mass is 10.0. The first-order valence-electron chi connectivity index (χ1n) is 10.8. The molecule has 0 spiro atoms. The van der Waals surface area contributed by atoms with E-state index in [4.69, 9.17) is 28.9 Å². The van der Waals surface area contributed by atoms with E-state index in [2.05, 4.69) is 9.88 Å². The van der Waals surface area contributed by atoms with Gasteiger partial charge in [-0.2, -0.15) is 0 Å². The predicted molar refractivity (Wildman–Crippen MR) is 133 cm³/mol. The second-order valence-electron chi connectivity index (χ2n) is 8.13. The number of primary amides is 1. The number of anilines is 2. The number of hydrogen-bond acceptors (Lipinski definition) is 4. The highest BCUT2D eigenvalue weighted by atomic mass is 35.5. The minimum absolute atomic E-state index is 0.0364. The first-order chi connectivity index (χ1) is 16.3. The monoisotopic (exact) mass is 500 g/mol. The molecule has 1 fully saturated rings. The van der Waals surface area contributed by atoms with Gasteiger partial charge in [0.15, 0.2) is 5.82 Å². The van der Waals surface area contributed by atoms with Crippen LogP contribution >= 0.6 is 23.2 Å². The number of halogens is 3. The van der Waals surface area contributed by atoms with E-state index in [1.165, 1.54) is 29.2 Å². The summed E-state index contributed by atoms with van der Waals surface area (Å²) < 4.78 is 14.4. The van der Waals surface area contributed by atoms with Crippen LogP contribution in [-0.4, -0.2) is 36.9 Å². The molecule has 34 heavy (non-hydrogen) atoms. The predicted octanol–water partition coefficient (Wildman–Crippen LogP) is 5.56. The van der Waals surface area contributed by atoms with Crippen molar-refractivity contribution in [3.63, 3.8) is 0 Å².